The summed E-state index contributed by atoms with van der Waals surface area (Å²) < 4.78 is 5.81. The van der Waals surface area contributed by atoms with E-state index >= 15 is 0 Å². The molecule has 25 heavy (non-hydrogen) atoms. The Kier molecular flexibility index (Phi) is 6.56. The Bertz CT molecular complexity index is 580. The number of halogens is 1. The SMILES string of the molecule is CC(=O)N(CCC(C)(C)Cc1ccc(Cl)cc1)[C@H]1CCOC(C)(C)C1. The zero-order valence-corrected chi connectivity index (χ0v) is 17.0. The predicted octanol–water partition coefficient (Wildman–Crippen LogP) is 5.10. The second kappa shape index (κ2) is 8.09. The zero-order chi connectivity index (χ0) is 18.7. The van der Waals surface area contributed by atoms with Crippen molar-refractivity contribution in [2.24, 2.45) is 5.41 Å². The molecule has 4 heteroatoms. The average Bonchev–Trinajstić information content (AvgIpc) is 2.48. The summed E-state index contributed by atoms with van der Waals surface area (Å²) in [6.45, 7) is 12.0. The number of hydrogen-bond acceptors (Lipinski definition) is 2. The Morgan fingerprint density at radius 1 is 1.32 bits per heavy atom. The topological polar surface area (TPSA) is 29.5 Å². The summed E-state index contributed by atoms with van der Waals surface area (Å²) in [5.74, 6) is 0.171. The first-order valence-electron chi connectivity index (χ1n) is 9.24. The van der Waals surface area contributed by atoms with Crippen LogP contribution in [0.3, 0.4) is 0 Å². The van der Waals surface area contributed by atoms with Crippen LogP contribution in [0.4, 0.5) is 0 Å². The minimum Gasteiger partial charge on any atom is -0.375 e. The van der Waals surface area contributed by atoms with E-state index in [9.17, 15) is 4.79 Å². The molecular weight excluding hydrogens is 334 g/mol. The molecule has 0 unspecified atom stereocenters. The van der Waals surface area contributed by atoms with Gasteiger partial charge in [-0.25, -0.2) is 0 Å². The van der Waals surface area contributed by atoms with E-state index in [0.29, 0.717) is 0 Å². The van der Waals surface area contributed by atoms with Gasteiger partial charge in [0.2, 0.25) is 5.91 Å². The first-order chi connectivity index (χ1) is 11.6. The van der Waals surface area contributed by atoms with Gasteiger partial charge in [0.15, 0.2) is 0 Å². The van der Waals surface area contributed by atoms with Gasteiger partial charge in [0.1, 0.15) is 0 Å². The third-order valence-corrected chi connectivity index (χ3v) is 5.39. The van der Waals surface area contributed by atoms with Gasteiger partial charge >= 0.3 is 0 Å². The maximum atomic E-state index is 12.2. The van der Waals surface area contributed by atoms with Gasteiger partial charge < -0.3 is 9.64 Å². The van der Waals surface area contributed by atoms with Gasteiger partial charge in [-0.2, -0.15) is 0 Å². The highest BCUT2D eigenvalue weighted by molar-refractivity contribution is 6.30. The summed E-state index contributed by atoms with van der Waals surface area (Å²) >= 11 is 5.98. The summed E-state index contributed by atoms with van der Waals surface area (Å²) in [4.78, 5) is 14.3. The van der Waals surface area contributed by atoms with Crippen LogP contribution in [0.2, 0.25) is 5.02 Å². The van der Waals surface area contributed by atoms with E-state index in [2.05, 4.69) is 44.7 Å². The van der Waals surface area contributed by atoms with E-state index < -0.39 is 0 Å². The number of carbonyl (C=O) groups excluding carboxylic acids is 1. The molecule has 1 aromatic carbocycles. The lowest BCUT2D eigenvalue weighted by Crippen LogP contribution is -2.48. The Balaban J connectivity index is 1.97. The molecule has 0 aromatic heterocycles. The number of ether oxygens (including phenoxy) is 1. The van der Waals surface area contributed by atoms with Gasteiger partial charge in [-0.3, -0.25) is 4.79 Å². The van der Waals surface area contributed by atoms with Crippen molar-refractivity contribution >= 4 is 17.5 Å². The van der Waals surface area contributed by atoms with Crippen LogP contribution in [0, 0.1) is 5.41 Å². The molecule has 0 saturated carbocycles. The van der Waals surface area contributed by atoms with Gasteiger partial charge in [-0.15, -0.1) is 0 Å². The van der Waals surface area contributed by atoms with Crippen molar-refractivity contribution in [1.29, 1.82) is 0 Å². The Labute approximate surface area is 157 Å². The summed E-state index contributed by atoms with van der Waals surface area (Å²) in [5, 5.41) is 0.770. The van der Waals surface area contributed by atoms with Crippen LogP contribution in [0.15, 0.2) is 24.3 Å². The largest absolute Gasteiger partial charge is 0.375 e. The number of carbonyl (C=O) groups is 1. The highest BCUT2D eigenvalue weighted by atomic mass is 35.5. The normalized spacial score (nSPS) is 20.3. The molecule has 1 fully saturated rings. The molecule has 0 aliphatic carbocycles. The fourth-order valence-electron chi connectivity index (χ4n) is 3.73. The van der Waals surface area contributed by atoms with Crippen LogP contribution in [0.5, 0.6) is 0 Å². The molecule has 1 aliphatic rings. The van der Waals surface area contributed by atoms with Crippen LogP contribution < -0.4 is 0 Å². The fourth-order valence-corrected chi connectivity index (χ4v) is 3.86. The quantitative estimate of drug-likeness (QED) is 0.701. The molecule has 0 spiro atoms. The summed E-state index contributed by atoms with van der Waals surface area (Å²) in [7, 11) is 0. The number of amides is 1. The smallest absolute Gasteiger partial charge is 0.219 e. The van der Waals surface area contributed by atoms with Crippen molar-refractivity contribution in [3.8, 4) is 0 Å². The summed E-state index contributed by atoms with van der Waals surface area (Å²) in [5.41, 5.74) is 1.27. The number of benzene rings is 1. The fraction of sp³-hybridized carbons (Fsp3) is 0.667. The first-order valence-corrected chi connectivity index (χ1v) is 9.61. The Morgan fingerprint density at radius 2 is 1.96 bits per heavy atom. The molecule has 0 N–H and O–H groups in total. The van der Waals surface area contributed by atoms with Gasteiger partial charge in [0.25, 0.3) is 0 Å². The maximum absolute atomic E-state index is 12.2. The third kappa shape index (κ3) is 6.31. The highest BCUT2D eigenvalue weighted by Crippen LogP contribution is 2.31. The van der Waals surface area contributed by atoms with Gasteiger partial charge in [-0.05, 0) is 62.6 Å². The van der Waals surface area contributed by atoms with E-state index in [1.165, 1.54) is 5.56 Å². The zero-order valence-electron chi connectivity index (χ0n) is 16.3. The van der Waals surface area contributed by atoms with Crippen LogP contribution in [0.25, 0.3) is 0 Å². The van der Waals surface area contributed by atoms with Crippen molar-refractivity contribution in [3.63, 3.8) is 0 Å². The predicted molar refractivity (Wildman–Crippen MR) is 104 cm³/mol. The molecule has 2 rings (SSSR count). The molecule has 1 atom stereocenters. The number of rotatable bonds is 6. The Hall–Kier alpha value is -1.06. The van der Waals surface area contributed by atoms with E-state index in [-0.39, 0.29) is 23.0 Å². The number of hydrogen-bond donors (Lipinski definition) is 0. The van der Waals surface area contributed by atoms with Crippen LogP contribution in [-0.4, -0.2) is 35.6 Å². The van der Waals surface area contributed by atoms with Crippen LogP contribution >= 0.6 is 11.6 Å². The van der Waals surface area contributed by atoms with E-state index in [0.717, 1.165) is 43.9 Å². The monoisotopic (exact) mass is 365 g/mol. The van der Waals surface area contributed by atoms with Crippen molar-refractivity contribution in [1.82, 2.24) is 4.90 Å². The van der Waals surface area contributed by atoms with E-state index in [1.807, 2.05) is 12.1 Å². The molecule has 1 saturated heterocycles. The summed E-state index contributed by atoms with van der Waals surface area (Å²) in [6.07, 6.45) is 3.80. The highest BCUT2D eigenvalue weighted by Gasteiger charge is 2.34. The maximum Gasteiger partial charge on any atom is 0.219 e. The lowest BCUT2D eigenvalue weighted by Gasteiger charge is -2.42. The average molecular weight is 366 g/mol. The Morgan fingerprint density at radius 3 is 2.52 bits per heavy atom. The molecule has 3 nitrogen and oxygen atoms in total. The molecule has 1 aliphatic heterocycles. The molecule has 1 aromatic rings. The molecule has 0 bridgehead atoms. The van der Waals surface area contributed by atoms with E-state index in [1.54, 1.807) is 6.92 Å². The van der Waals surface area contributed by atoms with Gasteiger partial charge in [-0.1, -0.05) is 37.6 Å². The third-order valence-electron chi connectivity index (χ3n) is 5.14. The van der Waals surface area contributed by atoms with Gasteiger partial charge in [0, 0.05) is 31.1 Å². The molecule has 1 amide bonds. The second-order valence-electron chi connectivity index (χ2n) is 8.68. The van der Waals surface area contributed by atoms with Gasteiger partial charge in [0.05, 0.1) is 5.60 Å². The van der Waals surface area contributed by atoms with Crippen molar-refractivity contribution in [2.45, 2.75) is 71.9 Å². The summed E-state index contributed by atoms with van der Waals surface area (Å²) in [6, 6.07) is 8.35. The molecule has 0 radical (unpaired) electrons. The molecular formula is C21H32ClNO2. The lowest BCUT2D eigenvalue weighted by molar-refractivity contribution is -0.138. The van der Waals surface area contributed by atoms with Crippen LogP contribution in [-0.2, 0) is 16.0 Å². The second-order valence-corrected chi connectivity index (χ2v) is 9.12. The van der Waals surface area contributed by atoms with Crippen molar-refractivity contribution < 1.29 is 9.53 Å². The minimum atomic E-state index is -0.143. The van der Waals surface area contributed by atoms with E-state index in [4.69, 9.17) is 16.3 Å². The van der Waals surface area contributed by atoms with Crippen LogP contribution in [0.1, 0.15) is 59.4 Å². The number of nitrogens with zero attached hydrogens (tertiary/aromatic N) is 1. The van der Waals surface area contributed by atoms with Crippen molar-refractivity contribution in [3.05, 3.63) is 34.9 Å². The molecule has 1 heterocycles. The standard InChI is InChI=1S/C21H32ClNO2/c1-16(24)23(19-10-13-25-21(4,5)15-19)12-11-20(2,3)14-17-6-8-18(22)9-7-17/h6-9,19H,10-15H2,1-5H3/t19-/m0/s1. The first kappa shape index (κ1) is 20.3. The lowest BCUT2D eigenvalue weighted by atomic mass is 9.82. The minimum absolute atomic E-state index is 0.127. The van der Waals surface area contributed by atoms with Crippen molar-refractivity contribution in [2.75, 3.05) is 13.2 Å². The molecule has 140 valence electrons.